The number of carbonyl (C=O) groups is 2. The molecular weight excluding hydrogens is 234 g/mol. The summed E-state index contributed by atoms with van der Waals surface area (Å²) in [6, 6.07) is 0. The third-order valence-electron chi connectivity index (χ3n) is 3.33. The van der Waals surface area contributed by atoms with Gasteiger partial charge >= 0.3 is 12.1 Å². The van der Waals surface area contributed by atoms with Gasteiger partial charge in [0.1, 0.15) is 0 Å². The molecule has 0 saturated carbocycles. The standard InChI is InChI=1S/C13H23NO4/c1-2-3-4-5-10-18-13(17)14-8-6-11(7-9-14)12(15)16/h11H,2-10H2,1H3,(H,15,16). The van der Waals surface area contributed by atoms with Gasteiger partial charge in [-0.25, -0.2) is 4.79 Å². The third kappa shape index (κ3) is 4.94. The van der Waals surface area contributed by atoms with Crippen LogP contribution in [-0.4, -0.2) is 41.8 Å². The van der Waals surface area contributed by atoms with Crippen LogP contribution in [0.3, 0.4) is 0 Å². The number of carboxylic acid groups (broad SMARTS) is 1. The third-order valence-corrected chi connectivity index (χ3v) is 3.33. The van der Waals surface area contributed by atoms with Crippen LogP contribution in [0.5, 0.6) is 0 Å². The largest absolute Gasteiger partial charge is 0.481 e. The molecule has 1 N–H and O–H groups in total. The van der Waals surface area contributed by atoms with Crippen LogP contribution in [-0.2, 0) is 9.53 Å². The molecule has 0 unspecified atom stereocenters. The van der Waals surface area contributed by atoms with E-state index in [2.05, 4.69) is 6.92 Å². The van der Waals surface area contributed by atoms with Crippen molar-refractivity contribution >= 4 is 12.1 Å². The number of ether oxygens (including phenoxy) is 1. The van der Waals surface area contributed by atoms with Gasteiger partial charge in [0.25, 0.3) is 0 Å². The summed E-state index contributed by atoms with van der Waals surface area (Å²) in [5.41, 5.74) is 0. The van der Waals surface area contributed by atoms with E-state index in [9.17, 15) is 9.59 Å². The molecule has 1 aliphatic heterocycles. The summed E-state index contributed by atoms with van der Waals surface area (Å²) >= 11 is 0. The van der Waals surface area contributed by atoms with Gasteiger partial charge in [0.05, 0.1) is 12.5 Å². The van der Waals surface area contributed by atoms with Crippen molar-refractivity contribution in [2.45, 2.75) is 45.4 Å². The first-order chi connectivity index (χ1) is 8.65. The summed E-state index contributed by atoms with van der Waals surface area (Å²) in [5, 5.41) is 8.85. The molecule has 1 aliphatic rings. The fraction of sp³-hybridized carbons (Fsp3) is 0.846. The number of nitrogens with zero attached hydrogens (tertiary/aromatic N) is 1. The highest BCUT2D eigenvalue weighted by Crippen LogP contribution is 2.17. The first-order valence-corrected chi connectivity index (χ1v) is 6.79. The lowest BCUT2D eigenvalue weighted by atomic mass is 9.97. The first kappa shape index (κ1) is 14.8. The number of aliphatic carboxylic acids is 1. The maximum Gasteiger partial charge on any atom is 0.409 e. The molecule has 5 nitrogen and oxygen atoms in total. The molecule has 1 saturated heterocycles. The second kappa shape index (κ2) is 7.95. The lowest BCUT2D eigenvalue weighted by Crippen LogP contribution is -2.40. The van der Waals surface area contributed by atoms with Crippen LogP contribution >= 0.6 is 0 Å². The Bertz CT molecular complexity index is 272. The van der Waals surface area contributed by atoms with Gasteiger partial charge in [0.2, 0.25) is 0 Å². The average molecular weight is 257 g/mol. The highest BCUT2D eigenvalue weighted by atomic mass is 16.6. The lowest BCUT2D eigenvalue weighted by molar-refractivity contribution is -0.143. The van der Waals surface area contributed by atoms with E-state index in [-0.39, 0.29) is 12.0 Å². The van der Waals surface area contributed by atoms with Crippen LogP contribution in [0.15, 0.2) is 0 Å². The molecule has 5 heteroatoms. The quantitative estimate of drug-likeness (QED) is 0.742. The van der Waals surface area contributed by atoms with Crippen molar-refractivity contribution < 1.29 is 19.4 Å². The number of amides is 1. The van der Waals surface area contributed by atoms with Crippen molar-refractivity contribution in [1.82, 2.24) is 4.90 Å². The Morgan fingerprint density at radius 2 is 1.89 bits per heavy atom. The summed E-state index contributed by atoms with van der Waals surface area (Å²) in [6.07, 6.45) is 5.09. The molecule has 0 aromatic carbocycles. The number of hydrogen-bond donors (Lipinski definition) is 1. The van der Waals surface area contributed by atoms with E-state index in [4.69, 9.17) is 9.84 Å². The van der Waals surface area contributed by atoms with E-state index < -0.39 is 5.97 Å². The van der Waals surface area contributed by atoms with Gasteiger partial charge < -0.3 is 14.7 Å². The van der Waals surface area contributed by atoms with Gasteiger partial charge in [-0.15, -0.1) is 0 Å². The van der Waals surface area contributed by atoms with Crippen molar-refractivity contribution in [3.05, 3.63) is 0 Å². The van der Waals surface area contributed by atoms with Gasteiger partial charge in [-0.3, -0.25) is 4.79 Å². The SMILES string of the molecule is CCCCCCOC(=O)N1CCC(C(=O)O)CC1. The Morgan fingerprint density at radius 1 is 1.22 bits per heavy atom. The minimum atomic E-state index is -0.761. The van der Waals surface area contributed by atoms with Crippen LogP contribution in [0.1, 0.15) is 45.4 Å². The predicted molar refractivity (Wildman–Crippen MR) is 67.4 cm³/mol. The zero-order chi connectivity index (χ0) is 13.4. The number of carbonyl (C=O) groups excluding carboxylic acids is 1. The predicted octanol–water partition coefficient (Wildman–Crippen LogP) is 2.50. The molecule has 1 fully saturated rings. The summed E-state index contributed by atoms with van der Waals surface area (Å²) in [6.45, 7) is 3.59. The van der Waals surface area contributed by atoms with Crippen LogP contribution in [0, 0.1) is 5.92 Å². The number of piperidine rings is 1. The molecule has 0 spiro atoms. The van der Waals surface area contributed by atoms with Crippen molar-refractivity contribution in [2.75, 3.05) is 19.7 Å². The van der Waals surface area contributed by atoms with Gasteiger partial charge in [-0.1, -0.05) is 26.2 Å². The number of likely N-dealkylation sites (tertiary alicyclic amines) is 1. The summed E-state index contributed by atoms with van der Waals surface area (Å²) < 4.78 is 5.16. The molecule has 0 aromatic rings. The van der Waals surface area contributed by atoms with Gasteiger partial charge in [-0.2, -0.15) is 0 Å². The Morgan fingerprint density at radius 3 is 2.44 bits per heavy atom. The molecule has 1 heterocycles. The van der Waals surface area contributed by atoms with Crippen molar-refractivity contribution in [3.8, 4) is 0 Å². The number of hydrogen-bond acceptors (Lipinski definition) is 3. The molecule has 0 bridgehead atoms. The molecule has 18 heavy (non-hydrogen) atoms. The molecule has 104 valence electrons. The van der Waals surface area contributed by atoms with Gasteiger partial charge in [0, 0.05) is 13.1 Å². The average Bonchev–Trinajstić information content (AvgIpc) is 2.38. The summed E-state index contributed by atoms with van der Waals surface area (Å²) in [7, 11) is 0. The van der Waals surface area contributed by atoms with Crippen LogP contribution in [0.4, 0.5) is 4.79 Å². The minimum absolute atomic E-state index is 0.296. The Kier molecular flexibility index (Phi) is 6.54. The molecule has 0 atom stereocenters. The monoisotopic (exact) mass is 257 g/mol. The maximum atomic E-state index is 11.7. The van der Waals surface area contributed by atoms with E-state index in [1.54, 1.807) is 4.90 Å². The molecule has 0 aromatic heterocycles. The minimum Gasteiger partial charge on any atom is -0.481 e. The Labute approximate surface area is 108 Å². The van der Waals surface area contributed by atoms with Crippen LogP contribution < -0.4 is 0 Å². The van der Waals surface area contributed by atoms with Crippen LogP contribution in [0.25, 0.3) is 0 Å². The first-order valence-electron chi connectivity index (χ1n) is 6.79. The Balaban J connectivity index is 2.14. The van der Waals surface area contributed by atoms with E-state index in [1.807, 2.05) is 0 Å². The van der Waals surface area contributed by atoms with Crippen molar-refractivity contribution in [2.24, 2.45) is 5.92 Å². The fourth-order valence-electron chi connectivity index (χ4n) is 2.09. The van der Waals surface area contributed by atoms with E-state index in [1.165, 1.54) is 6.42 Å². The molecule has 1 amide bonds. The van der Waals surface area contributed by atoms with Crippen molar-refractivity contribution in [1.29, 1.82) is 0 Å². The highest BCUT2D eigenvalue weighted by Gasteiger charge is 2.27. The Hall–Kier alpha value is -1.26. The smallest absolute Gasteiger partial charge is 0.409 e. The molecule has 0 aliphatic carbocycles. The second-order valence-corrected chi connectivity index (χ2v) is 4.77. The molecular formula is C13H23NO4. The second-order valence-electron chi connectivity index (χ2n) is 4.77. The number of rotatable bonds is 6. The normalized spacial score (nSPS) is 16.6. The zero-order valence-electron chi connectivity index (χ0n) is 11.1. The highest BCUT2D eigenvalue weighted by molar-refractivity contribution is 5.71. The lowest BCUT2D eigenvalue weighted by Gasteiger charge is -2.29. The van der Waals surface area contributed by atoms with E-state index in [0.29, 0.717) is 32.5 Å². The maximum absolute atomic E-state index is 11.7. The van der Waals surface area contributed by atoms with Gasteiger partial charge in [-0.05, 0) is 19.3 Å². The number of carboxylic acids is 1. The molecule has 0 radical (unpaired) electrons. The topological polar surface area (TPSA) is 66.8 Å². The van der Waals surface area contributed by atoms with Gasteiger partial charge in [0.15, 0.2) is 0 Å². The van der Waals surface area contributed by atoms with Crippen molar-refractivity contribution in [3.63, 3.8) is 0 Å². The zero-order valence-corrected chi connectivity index (χ0v) is 11.1. The fourth-order valence-corrected chi connectivity index (χ4v) is 2.09. The molecule has 1 rings (SSSR count). The summed E-state index contributed by atoms with van der Waals surface area (Å²) in [4.78, 5) is 24.0. The van der Waals surface area contributed by atoms with E-state index in [0.717, 1.165) is 19.3 Å². The van der Waals surface area contributed by atoms with Crippen LogP contribution in [0.2, 0.25) is 0 Å². The van der Waals surface area contributed by atoms with E-state index >= 15 is 0 Å². The summed E-state index contributed by atoms with van der Waals surface area (Å²) in [5.74, 6) is -1.07. The number of unbranched alkanes of at least 4 members (excludes halogenated alkanes) is 3.